The molecule has 2 fully saturated rings. The zero-order valence-corrected chi connectivity index (χ0v) is 9.25. The van der Waals surface area contributed by atoms with Crippen molar-refractivity contribution in [2.24, 2.45) is 0 Å². The van der Waals surface area contributed by atoms with E-state index >= 15 is 0 Å². The summed E-state index contributed by atoms with van der Waals surface area (Å²) >= 11 is 0. The molecule has 2 aliphatic rings. The predicted molar refractivity (Wildman–Crippen MR) is 56.8 cm³/mol. The number of nitrogens with zero attached hydrogens (tertiary/aromatic N) is 1. The zero-order valence-electron chi connectivity index (χ0n) is 9.25. The topological polar surface area (TPSA) is 85.2 Å². The molecule has 4 unspecified atom stereocenters. The Hall–Kier alpha value is -0.240. The number of aliphatic hydroxyl groups is 3. The van der Waals surface area contributed by atoms with E-state index in [0.29, 0.717) is 6.54 Å². The van der Waals surface area contributed by atoms with Crippen molar-refractivity contribution in [1.29, 1.82) is 0 Å². The highest BCUT2D eigenvalue weighted by molar-refractivity contribution is 4.85. The van der Waals surface area contributed by atoms with Crippen molar-refractivity contribution in [2.75, 3.05) is 32.7 Å². The van der Waals surface area contributed by atoms with Crippen LogP contribution < -0.4 is 5.32 Å². The summed E-state index contributed by atoms with van der Waals surface area (Å²) in [6, 6.07) is 0. The minimum Gasteiger partial charge on any atom is -0.390 e. The van der Waals surface area contributed by atoms with Gasteiger partial charge in [0.2, 0.25) is 0 Å². The van der Waals surface area contributed by atoms with Gasteiger partial charge in [-0.15, -0.1) is 0 Å². The van der Waals surface area contributed by atoms with Gasteiger partial charge in [-0.3, -0.25) is 4.90 Å². The summed E-state index contributed by atoms with van der Waals surface area (Å²) in [4.78, 5) is 2.16. The second kappa shape index (κ2) is 5.39. The summed E-state index contributed by atoms with van der Waals surface area (Å²) < 4.78 is 5.26. The van der Waals surface area contributed by atoms with Gasteiger partial charge in [-0.25, -0.2) is 0 Å². The van der Waals surface area contributed by atoms with E-state index in [1.807, 2.05) is 0 Å². The van der Waals surface area contributed by atoms with Crippen molar-refractivity contribution in [1.82, 2.24) is 10.2 Å². The summed E-state index contributed by atoms with van der Waals surface area (Å²) in [5, 5.41) is 31.9. The van der Waals surface area contributed by atoms with E-state index in [-0.39, 0.29) is 6.42 Å². The Kier molecular flexibility index (Phi) is 4.12. The first-order chi connectivity index (χ1) is 7.66. The van der Waals surface area contributed by atoms with Crippen molar-refractivity contribution in [3.8, 4) is 0 Å². The van der Waals surface area contributed by atoms with E-state index in [1.165, 1.54) is 0 Å². The van der Waals surface area contributed by atoms with Gasteiger partial charge in [0.25, 0.3) is 0 Å². The smallest absolute Gasteiger partial charge is 0.157 e. The lowest BCUT2D eigenvalue weighted by Gasteiger charge is -2.38. The third-order valence-electron chi connectivity index (χ3n) is 3.20. The number of rotatable bonds is 2. The molecule has 0 aromatic heterocycles. The van der Waals surface area contributed by atoms with Crippen LogP contribution in [0.25, 0.3) is 0 Å². The minimum absolute atomic E-state index is 0.0826. The normalized spacial score (nSPS) is 42.2. The molecule has 2 heterocycles. The zero-order chi connectivity index (χ0) is 11.5. The standard InChI is InChI=1S/C10H20N2O4/c13-7-5-9(14)16-8(10(7)15)6-12-3-1-11-2-4-12/h7-11,13-15H,1-6H2. The quantitative estimate of drug-likeness (QED) is 0.429. The van der Waals surface area contributed by atoms with Crippen LogP contribution in [0.15, 0.2) is 0 Å². The maximum atomic E-state index is 9.76. The van der Waals surface area contributed by atoms with Crippen LogP contribution in [0, 0.1) is 0 Å². The number of nitrogens with one attached hydrogen (secondary N) is 1. The molecule has 4 atom stereocenters. The average molecular weight is 232 g/mol. The molecule has 0 radical (unpaired) electrons. The van der Waals surface area contributed by atoms with Crippen LogP contribution in [0.3, 0.4) is 0 Å². The first-order valence-electron chi connectivity index (χ1n) is 5.79. The number of aliphatic hydroxyl groups excluding tert-OH is 3. The molecule has 0 saturated carbocycles. The van der Waals surface area contributed by atoms with Crippen LogP contribution in [0.5, 0.6) is 0 Å². The van der Waals surface area contributed by atoms with Gasteiger partial charge in [0.05, 0.1) is 6.10 Å². The van der Waals surface area contributed by atoms with Crippen LogP contribution in [0.2, 0.25) is 0 Å². The van der Waals surface area contributed by atoms with Crippen molar-refractivity contribution in [2.45, 2.75) is 31.0 Å². The van der Waals surface area contributed by atoms with Gasteiger partial charge in [-0.1, -0.05) is 0 Å². The molecule has 6 heteroatoms. The lowest BCUT2D eigenvalue weighted by molar-refractivity contribution is -0.235. The van der Waals surface area contributed by atoms with Crippen LogP contribution in [-0.2, 0) is 4.74 Å². The van der Waals surface area contributed by atoms with Crippen LogP contribution >= 0.6 is 0 Å². The average Bonchev–Trinajstić information content (AvgIpc) is 2.27. The van der Waals surface area contributed by atoms with Gasteiger partial charge >= 0.3 is 0 Å². The molecule has 0 amide bonds. The second-order valence-electron chi connectivity index (χ2n) is 4.47. The SMILES string of the molecule is OC1CC(O)C(O)C(CN2CCNCC2)O1. The Morgan fingerprint density at radius 2 is 1.88 bits per heavy atom. The number of hydrogen-bond donors (Lipinski definition) is 4. The van der Waals surface area contributed by atoms with E-state index in [9.17, 15) is 15.3 Å². The Morgan fingerprint density at radius 3 is 2.56 bits per heavy atom. The van der Waals surface area contributed by atoms with Gasteiger partial charge in [0.15, 0.2) is 6.29 Å². The van der Waals surface area contributed by atoms with Gasteiger partial charge in [0.1, 0.15) is 12.2 Å². The highest BCUT2D eigenvalue weighted by atomic mass is 16.6. The Bertz CT molecular complexity index is 223. The van der Waals surface area contributed by atoms with Crippen molar-refractivity contribution >= 4 is 0 Å². The molecule has 4 N–H and O–H groups in total. The molecule has 2 saturated heterocycles. The minimum atomic E-state index is -0.966. The van der Waals surface area contributed by atoms with Gasteiger partial charge in [-0.05, 0) is 0 Å². The first kappa shape index (κ1) is 12.2. The summed E-state index contributed by atoms with van der Waals surface area (Å²) in [5.74, 6) is 0. The first-order valence-corrected chi connectivity index (χ1v) is 5.79. The Balaban J connectivity index is 1.86. The molecular weight excluding hydrogens is 212 g/mol. The van der Waals surface area contributed by atoms with E-state index in [2.05, 4.69) is 10.2 Å². The van der Waals surface area contributed by atoms with Crippen LogP contribution in [0.4, 0.5) is 0 Å². The fourth-order valence-corrected chi connectivity index (χ4v) is 2.23. The summed E-state index contributed by atoms with van der Waals surface area (Å²) in [6.07, 6.45) is -3.18. The summed E-state index contributed by atoms with van der Waals surface area (Å²) in [5.41, 5.74) is 0. The molecule has 2 rings (SSSR count). The van der Waals surface area contributed by atoms with Crippen molar-refractivity contribution < 1.29 is 20.1 Å². The molecule has 0 aliphatic carbocycles. The molecule has 6 nitrogen and oxygen atoms in total. The van der Waals surface area contributed by atoms with Gasteiger partial charge in [-0.2, -0.15) is 0 Å². The van der Waals surface area contributed by atoms with E-state index < -0.39 is 24.6 Å². The van der Waals surface area contributed by atoms with Crippen molar-refractivity contribution in [3.05, 3.63) is 0 Å². The van der Waals surface area contributed by atoms with Crippen LogP contribution in [-0.4, -0.2) is 77.5 Å². The van der Waals surface area contributed by atoms with Crippen molar-refractivity contribution in [3.63, 3.8) is 0 Å². The molecule has 94 valence electrons. The molecule has 0 bridgehead atoms. The molecular formula is C10H20N2O4. The maximum Gasteiger partial charge on any atom is 0.157 e. The fraction of sp³-hybridized carbons (Fsp3) is 1.00. The lowest BCUT2D eigenvalue weighted by atomic mass is 10.0. The lowest BCUT2D eigenvalue weighted by Crippen LogP contribution is -2.55. The van der Waals surface area contributed by atoms with E-state index in [4.69, 9.17) is 4.74 Å². The summed E-state index contributed by atoms with van der Waals surface area (Å²) in [7, 11) is 0. The third kappa shape index (κ3) is 2.91. The van der Waals surface area contributed by atoms with E-state index in [0.717, 1.165) is 26.2 Å². The molecule has 0 aromatic carbocycles. The largest absolute Gasteiger partial charge is 0.390 e. The van der Waals surface area contributed by atoms with Gasteiger partial charge < -0.3 is 25.4 Å². The molecule has 2 aliphatic heterocycles. The fourth-order valence-electron chi connectivity index (χ4n) is 2.23. The van der Waals surface area contributed by atoms with Gasteiger partial charge in [0, 0.05) is 39.1 Å². The Labute approximate surface area is 94.8 Å². The number of ether oxygens (including phenoxy) is 1. The molecule has 0 spiro atoms. The van der Waals surface area contributed by atoms with E-state index in [1.54, 1.807) is 0 Å². The maximum absolute atomic E-state index is 9.76. The predicted octanol–water partition coefficient (Wildman–Crippen LogP) is -2.28. The monoisotopic (exact) mass is 232 g/mol. The number of hydrogen-bond acceptors (Lipinski definition) is 6. The molecule has 16 heavy (non-hydrogen) atoms. The second-order valence-corrected chi connectivity index (χ2v) is 4.47. The van der Waals surface area contributed by atoms with Crippen LogP contribution in [0.1, 0.15) is 6.42 Å². The highest BCUT2D eigenvalue weighted by Crippen LogP contribution is 2.19. The Morgan fingerprint density at radius 1 is 1.19 bits per heavy atom. The molecule has 0 aromatic rings. The third-order valence-corrected chi connectivity index (χ3v) is 3.20. The number of piperazine rings is 1. The highest BCUT2D eigenvalue weighted by Gasteiger charge is 2.36. The summed E-state index contributed by atoms with van der Waals surface area (Å²) in [6.45, 7) is 4.20.